The molecule has 0 aromatic rings. The molecule has 0 saturated carbocycles. The molecule has 0 bridgehead atoms. The Balaban J connectivity index is 2.18. The lowest BCUT2D eigenvalue weighted by Gasteiger charge is -2.39. The van der Waals surface area contributed by atoms with Gasteiger partial charge in [-0.2, -0.15) is 0 Å². The highest BCUT2D eigenvalue weighted by atomic mass is 16.7. The molecule has 0 aliphatic carbocycles. The number of unbranched alkanes of at least 4 members (excludes halogenated alkanes) is 34. The van der Waals surface area contributed by atoms with Gasteiger partial charge in [0, 0.05) is 13.0 Å². The van der Waals surface area contributed by atoms with E-state index in [4.69, 9.17) is 18.9 Å². The number of hydrogen-bond acceptors (Lipinski definition) is 9. The van der Waals surface area contributed by atoms with Crippen LogP contribution < -0.4 is 0 Å². The van der Waals surface area contributed by atoms with Crippen molar-refractivity contribution in [1.29, 1.82) is 0 Å². The van der Waals surface area contributed by atoms with E-state index in [1.165, 1.54) is 199 Å². The predicted molar refractivity (Wildman–Crippen MR) is 243 cm³/mol. The van der Waals surface area contributed by atoms with Crippen molar-refractivity contribution in [2.75, 3.05) is 26.4 Å². The Bertz CT molecular complexity index is 873. The second-order valence-electron chi connectivity index (χ2n) is 18.0. The fourth-order valence-corrected chi connectivity index (χ4v) is 8.26. The Morgan fingerprint density at radius 3 is 1.20 bits per heavy atom. The zero-order valence-corrected chi connectivity index (χ0v) is 38.8. The molecule has 1 aliphatic heterocycles. The number of carbonyl (C=O) groups is 1. The van der Waals surface area contributed by atoms with Crippen molar-refractivity contribution in [1.82, 2.24) is 0 Å². The average Bonchev–Trinajstić information content (AvgIpc) is 3.24. The Hall–Kier alpha value is -0.810. The van der Waals surface area contributed by atoms with Gasteiger partial charge in [0.05, 0.1) is 19.8 Å². The normalized spacial score (nSPS) is 20.0. The summed E-state index contributed by atoms with van der Waals surface area (Å²) in [5, 5.41) is 40.2. The van der Waals surface area contributed by atoms with Gasteiger partial charge >= 0.3 is 5.97 Å². The maximum atomic E-state index is 12.8. The molecular formula is C50H98O9. The van der Waals surface area contributed by atoms with E-state index in [0.29, 0.717) is 13.0 Å². The third kappa shape index (κ3) is 33.4. The molecule has 1 fully saturated rings. The number of esters is 1. The quantitative estimate of drug-likeness (QED) is 0.0349. The van der Waals surface area contributed by atoms with Crippen molar-refractivity contribution in [2.45, 2.75) is 288 Å². The maximum absolute atomic E-state index is 12.8. The second-order valence-corrected chi connectivity index (χ2v) is 18.0. The summed E-state index contributed by atoms with van der Waals surface area (Å²) in [5.74, 6) is -0.305. The first-order valence-corrected chi connectivity index (χ1v) is 25.6. The van der Waals surface area contributed by atoms with Crippen LogP contribution >= 0.6 is 0 Å². The molecule has 1 saturated heterocycles. The zero-order valence-electron chi connectivity index (χ0n) is 38.8. The second kappa shape index (κ2) is 42.5. The minimum absolute atomic E-state index is 0.104. The summed E-state index contributed by atoms with van der Waals surface area (Å²) in [4.78, 5) is 12.8. The molecule has 352 valence electrons. The standard InChI is InChI=1S/C50H98O9/c1-3-5-7-9-11-13-15-17-19-21-22-23-25-27-29-31-33-35-37-39-46(52)58-44(43-57-50-49(55)48(54)47(53)45(41-51)59-50)42-56-40-38-36-34-32-30-28-26-24-20-18-16-14-12-10-8-6-4-2/h44-45,47-51,53-55H,3-43H2,1-2H3. The van der Waals surface area contributed by atoms with E-state index in [2.05, 4.69) is 13.8 Å². The van der Waals surface area contributed by atoms with Crippen LogP contribution in [0.3, 0.4) is 0 Å². The molecule has 0 spiro atoms. The highest BCUT2D eigenvalue weighted by Crippen LogP contribution is 2.23. The molecule has 4 N–H and O–H groups in total. The SMILES string of the molecule is CCCCCCCCCCCCCCCCCCCCCC(=O)OC(COCCCCCCCCCCCCCCCCCCC)COC1OC(CO)C(O)C(O)C1O. The van der Waals surface area contributed by atoms with E-state index in [-0.39, 0.29) is 19.2 Å². The summed E-state index contributed by atoms with van der Waals surface area (Å²) in [6.45, 7) is 4.63. The summed E-state index contributed by atoms with van der Waals surface area (Å²) in [6, 6.07) is 0. The zero-order chi connectivity index (χ0) is 42.9. The summed E-state index contributed by atoms with van der Waals surface area (Å²) >= 11 is 0. The molecule has 0 aromatic heterocycles. The first-order chi connectivity index (χ1) is 28.9. The highest BCUT2D eigenvalue weighted by molar-refractivity contribution is 5.69. The predicted octanol–water partition coefficient (Wildman–Crippen LogP) is 12.2. The van der Waals surface area contributed by atoms with Gasteiger partial charge in [-0.3, -0.25) is 4.79 Å². The summed E-state index contributed by atoms with van der Waals surface area (Å²) in [5.41, 5.74) is 0. The van der Waals surface area contributed by atoms with Gasteiger partial charge in [0.15, 0.2) is 6.29 Å². The van der Waals surface area contributed by atoms with E-state index in [0.717, 1.165) is 32.1 Å². The van der Waals surface area contributed by atoms with Crippen LogP contribution in [0.1, 0.15) is 251 Å². The molecular weight excluding hydrogens is 745 g/mol. The molecule has 6 unspecified atom stereocenters. The maximum Gasteiger partial charge on any atom is 0.306 e. The van der Waals surface area contributed by atoms with Gasteiger partial charge in [0.25, 0.3) is 0 Å². The van der Waals surface area contributed by atoms with Gasteiger partial charge in [-0.05, 0) is 12.8 Å². The fraction of sp³-hybridized carbons (Fsp3) is 0.980. The Morgan fingerprint density at radius 2 is 0.831 bits per heavy atom. The van der Waals surface area contributed by atoms with Crippen LogP contribution in [0.5, 0.6) is 0 Å². The molecule has 1 rings (SSSR count). The molecule has 59 heavy (non-hydrogen) atoms. The van der Waals surface area contributed by atoms with Crippen molar-refractivity contribution < 1.29 is 44.2 Å². The molecule has 1 aliphatic rings. The molecule has 9 heteroatoms. The van der Waals surface area contributed by atoms with E-state index in [9.17, 15) is 25.2 Å². The van der Waals surface area contributed by atoms with Crippen LogP contribution in [0.25, 0.3) is 0 Å². The first kappa shape index (κ1) is 56.2. The molecule has 0 radical (unpaired) electrons. The van der Waals surface area contributed by atoms with Crippen molar-refractivity contribution >= 4 is 5.97 Å². The van der Waals surface area contributed by atoms with Crippen molar-refractivity contribution in [3.05, 3.63) is 0 Å². The lowest BCUT2D eigenvalue weighted by atomic mass is 9.99. The third-order valence-corrected chi connectivity index (χ3v) is 12.3. The first-order valence-electron chi connectivity index (χ1n) is 25.6. The van der Waals surface area contributed by atoms with Crippen molar-refractivity contribution in [2.24, 2.45) is 0 Å². The van der Waals surface area contributed by atoms with Gasteiger partial charge in [-0.25, -0.2) is 0 Å². The summed E-state index contributed by atoms with van der Waals surface area (Å²) in [7, 11) is 0. The number of ether oxygens (including phenoxy) is 4. The summed E-state index contributed by atoms with van der Waals surface area (Å²) in [6.07, 6.45) is 39.9. The Kier molecular flexibility index (Phi) is 40.5. The molecule has 6 atom stereocenters. The van der Waals surface area contributed by atoms with Crippen LogP contribution in [0.15, 0.2) is 0 Å². The van der Waals surface area contributed by atoms with E-state index in [1.807, 2.05) is 0 Å². The van der Waals surface area contributed by atoms with Crippen LogP contribution in [0, 0.1) is 0 Å². The molecule has 1 heterocycles. The number of aliphatic hydroxyl groups excluding tert-OH is 4. The highest BCUT2D eigenvalue weighted by Gasteiger charge is 2.44. The minimum atomic E-state index is -1.53. The Morgan fingerprint density at radius 1 is 0.475 bits per heavy atom. The van der Waals surface area contributed by atoms with Gasteiger partial charge in [-0.1, -0.05) is 232 Å². The van der Waals surface area contributed by atoms with E-state index >= 15 is 0 Å². The van der Waals surface area contributed by atoms with Gasteiger partial charge < -0.3 is 39.4 Å². The average molecular weight is 843 g/mol. The number of rotatable bonds is 45. The third-order valence-electron chi connectivity index (χ3n) is 12.3. The van der Waals surface area contributed by atoms with Crippen molar-refractivity contribution in [3.8, 4) is 0 Å². The Labute approximate surface area is 363 Å². The lowest BCUT2D eigenvalue weighted by molar-refractivity contribution is -0.305. The van der Waals surface area contributed by atoms with Crippen molar-refractivity contribution in [3.63, 3.8) is 0 Å². The number of hydrogen-bond donors (Lipinski definition) is 4. The molecule has 0 amide bonds. The van der Waals surface area contributed by atoms with E-state index < -0.39 is 43.4 Å². The fourth-order valence-electron chi connectivity index (χ4n) is 8.26. The largest absolute Gasteiger partial charge is 0.457 e. The monoisotopic (exact) mass is 843 g/mol. The van der Waals surface area contributed by atoms with E-state index in [1.54, 1.807) is 0 Å². The van der Waals surface area contributed by atoms with Crippen LogP contribution in [-0.2, 0) is 23.7 Å². The van der Waals surface area contributed by atoms with Gasteiger partial charge in [-0.15, -0.1) is 0 Å². The lowest BCUT2D eigenvalue weighted by Crippen LogP contribution is -2.59. The molecule has 0 aromatic carbocycles. The van der Waals surface area contributed by atoms with Crippen LogP contribution in [0.2, 0.25) is 0 Å². The van der Waals surface area contributed by atoms with Gasteiger partial charge in [0.1, 0.15) is 30.5 Å². The minimum Gasteiger partial charge on any atom is -0.457 e. The summed E-state index contributed by atoms with van der Waals surface area (Å²) < 4.78 is 22.9. The van der Waals surface area contributed by atoms with Crippen LogP contribution in [0.4, 0.5) is 0 Å². The van der Waals surface area contributed by atoms with Gasteiger partial charge in [0.2, 0.25) is 0 Å². The number of aliphatic hydroxyl groups is 4. The topological polar surface area (TPSA) is 135 Å². The number of carbonyl (C=O) groups excluding carboxylic acids is 1. The van der Waals surface area contributed by atoms with Crippen LogP contribution in [-0.4, -0.2) is 89.6 Å². The molecule has 9 nitrogen and oxygen atoms in total. The smallest absolute Gasteiger partial charge is 0.306 e.